The largest absolute Gasteiger partial charge is 0.314 e. The van der Waals surface area contributed by atoms with E-state index in [9.17, 15) is 0 Å². The summed E-state index contributed by atoms with van der Waals surface area (Å²) in [5.74, 6) is 2.20. The van der Waals surface area contributed by atoms with Gasteiger partial charge in [-0.3, -0.25) is 0 Å². The highest BCUT2D eigenvalue weighted by Crippen LogP contribution is 2.16. The van der Waals surface area contributed by atoms with Crippen molar-refractivity contribution in [2.24, 2.45) is 11.8 Å². The maximum atomic E-state index is 4.69. The van der Waals surface area contributed by atoms with Gasteiger partial charge in [0.1, 0.15) is 5.82 Å². The van der Waals surface area contributed by atoms with Crippen LogP contribution in [0.2, 0.25) is 0 Å². The molecule has 0 aromatic carbocycles. The molecular weight excluding hydrogens is 246 g/mol. The molecule has 0 aliphatic heterocycles. The first-order valence-electron chi connectivity index (χ1n) is 7.86. The molecule has 0 saturated heterocycles. The SMILES string of the molecule is Cc1nc(CC(C)C)nc(C)c1CC(C)CNC(C)C. The van der Waals surface area contributed by atoms with Gasteiger partial charge in [0.2, 0.25) is 0 Å². The average molecular weight is 277 g/mol. The van der Waals surface area contributed by atoms with Crippen LogP contribution in [0.25, 0.3) is 0 Å². The van der Waals surface area contributed by atoms with Gasteiger partial charge in [0.05, 0.1) is 0 Å². The molecule has 0 spiro atoms. The average Bonchev–Trinajstić information content (AvgIpc) is 2.30. The molecule has 1 aromatic heterocycles. The fraction of sp³-hybridized carbons (Fsp3) is 0.765. The van der Waals surface area contributed by atoms with Crippen LogP contribution in [-0.2, 0) is 12.8 Å². The van der Waals surface area contributed by atoms with Gasteiger partial charge >= 0.3 is 0 Å². The smallest absolute Gasteiger partial charge is 0.129 e. The molecule has 20 heavy (non-hydrogen) atoms. The molecule has 1 heterocycles. The number of hydrogen-bond acceptors (Lipinski definition) is 3. The highest BCUT2D eigenvalue weighted by molar-refractivity contribution is 5.25. The predicted octanol–water partition coefficient (Wildman–Crippen LogP) is 3.47. The molecule has 1 unspecified atom stereocenters. The molecule has 0 aliphatic rings. The lowest BCUT2D eigenvalue weighted by atomic mass is 9.98. The Morgan fingerprint density at radius 1 is 0.900 bits per heavy atom. The monoisotopic (exact) mass is 277 g/mol. The summed E-state index contributed by atoms with van der Waals surface area (Å²) >= 11 is 0. The Bertz CT molecular complexity index is 401. The Morgan fingerprint density at radius 3 is 1.90 bits per heavy atom. The Labute approximate surface area is 124 Å². The topological polar surface area (TPSA) is 37.8 Å². The minimum absolute atomic E-state index is 0.546. The number of nitrogens with one attached hydrogen (secondary N) is 1. The van der Waals surface area contributed by atoms with E-state index in [0.717, 1.165) is 36.6 Å². The van der Waals surface area contributed by atoms with Gasteiger partial charge in [-0.2, -0.15) is 0 Å². The van der Waals surface area contributed by atoms with E-state index in [4.69, 9.17) is 9.97 Å². The van der Waals surface area contributed by atoms with Gasteiger partial charge in [-0.05, 0) is 44.2 Å². The molecule has 0 bridgehead atoms. The van der Waals surface area contributed by atoms with Crippen LogP contribution in [0.5, 0.6) is 0 Å². The van der Waals surface area contributed by atoms with Crippen molar-refractivity contribution in [2.45, 2.75) is 67.3 Å². The molecule has 114 valence electrons. The van der Waals surface area contributed by atoms with E-state index < -0.39 is 0 Å². The summed E-state index contributed by atoms with van der Waals surface area (Å²) in [6.45, 7) is 16.4. The van der Waals surface area contributed by atoms with Crippen molar-refractivity contribution in [3.8, 4) is 0 Å². The van der Waals surface area contributed by atoms with Crippen LogP contribution >= 0.6 is 0 Å². The summed E-state index contributed by atoms with van der Waals surface area (Å²) in [6.07, 6.45) is 2.02. The zero-order valence-electron chi connectivity index (χ0n) is 14.2. The second-order valence-electron chi connectivity index (χ2n) is 6.76. The molecular formula is C17H31N3. The zero-order valence-corrected chi connectivity index (χ0v) is 14.2. The van der Waals surface area contributed by atoms with Crippen LogP contribution in [0.3, 0.4) is 0 Å². The van der Waals surface area contributed by atoms with Crippen molar-refractivity contribution in [1.29, 1.82) is 0 Å². The summed E-state index contributed by atoms with van der Waals surface area (Å²) in [5.41, 5.74) is 3.64. The fourth-order valence-electron chi connectivity index (χ4n) is 2.42. The van der Waals surface area contributed by atoms with Gasteiger partial charge in [0, 0.05) is 23.9 Å². The molecule has 0 amide bonds. The third-order valence-electron chi connectivity index (χ3n) is 3.48. The number of aromatic nitrogens is 2. The number of rotatable bonds is 7. The molecule has 0 radical (unpaired) electrons. The van der Waals surface area contributed by atoms with Crippen molar-refractivity contribution in [3.63, 3.8) is 0 Å². The summed E-state index contributed by atoms with van der Waals surface area (Å²) < 4.78 is 0. The number of nitrogens with zero attached hydrogens (tertiary/aromatic N) is 2. The molecule has 3 nitrogen and oxygen atoms in total. The molecule has 1 N–H and O–H groups in total. The van der Waals surface area contributed by atoms with Crippen molar-refractivity contribution >= 4 is 0 Å². The summed E-state index contributed by atoms with van der Waals surface area (Å²) in [6, 6.07) is 0.546. The Kier molecular flexibility index (Phi) is 6.60. The van der Waals surface area contributed by atoms with Crippen LogP contribution < -0.4 is 5.32 Å². The lowest BCUT2D eigenvalue weighted by Gasteiger charge is -2.18. The normalized spacial score (nSPS) is 13.2. The molecule has 1 aromatic rings. The van der Waals surface area contributed by atoms with Crippen molar-refractivity contribution < 1.29 is 0 Å². The molecule has 0 aliphatic carbocycles. The number of hydrogen-bond donors (Lipinski definition) is 1. The minimum Gasteiger partial charge on any atom is -0.314 e. The first-order valence-corrected chi connectivity index (χ1v) is 7.86. The maximum Gasteiger partial charge on any atom is 0.129 e. The highest BCUT2D eigenvalue weighted by atomic mass is 14.9. The molecule has 1 atom stereocenters. The van der Waals surface area contributed by atoms with Crippen molar-refractivity contribution in [3.05, 3.63) is 22.8 Å². The maximum absolute atomic E-state index is 4.69. The Hall–Kier alpha value is -0.960. The first-order chi connectivity index (χ1) is 9.29. The summed E-state index contributed by atoms with van der Waals surface area (Å²) in [4.78, 5) is 9.38. The van der Waals surface area contributed by atoms with Crippen LogP contribution in [0.15, 0.2) is 0 Å². The predicted molar refractivity (Wildman–Crippen MR) is 86.1 cm³/mol. The van der Waals surface area contributed by atoms with Crippen LogP contribution in [0, 0.1) is 25.7 Å². The van der Waals surface area contributed by atoms with Gasteiger partial charge in [0.15, 0.2) is 0 Å². The summed E-state index contributed by atoms with van der Waals surface area (Å²) in [7, 11) is 0. The van der Waals surface area contributed by atoms with Crippen LogP contribution in [-0.4, -0.2) is 22.6 Å². The molecule has 1 rings (SSSR count). The van der Waals surface area contributed by atoms with Gasteiger partial charge in [0.25, 0.3) is 0 Å². The zero-order chi connectivity index (χ0) is 15.3. The van der Waals surface area contributed by atoms with Crippen LogP contribution in [0.1, 0.15) is 57.4 Å². The van der Waals surface area contributed by atoms with E-state index in [2.05, 4.69) is 53.8 Å². The second-order valence-corrected chi connectivity index (χ2v) is 6.76. The first kappa shape index (κ1) is 17.1. The highest BCUT2D eigenvalue weighted by Gasteiger charge is 2.13. The standard InChI is InChI=1S/C17H31N3/c1-11(2)8-17-19-14(6)16(15(7)20-17)9-13(5)10-18-12(3)4/h11-13,18H,8-10H2,1-7H3. The lowest BCUT2D eigenvalue weighted by molar-refractivity contribution is 0.473. The van der Waals surface area contributed by atoms with E-state index in [0.29, 0.717) is 17.9 Å². The fourth-order valence-corrected chi connectivity index (χ4v) is 2.42. The van der Waals surface area contributed by atoms with E-state index in [1.54, 1.807) is 0 Å². The van der Waals surface area contributed by atoms with E-state index in [1.165, 1.54) is 5.56 Å². The third-order valence-corrected chi connectivity index (χ3v) is 3.48. The van der Waals surface area contributed by atoms with Crippen LogP contribution in [0.4, 0.5) is 0 Å². The third kappa shape index (κ3) is 5.58. The Morgan fingerprint density at radius 2 is 1.45 bits per heavy atom. The van der Waals surface area contributed by atoms with E-state index in [-0.39, 0.29) is 0 Å². The summed E-state index contributed by atoms with van der Waals surface area (Å²) in [5, 5.41) is 3.50. The van der Waals surface area contributed by atoms with Gasteiger partial charge in [-0.15, -0.1) is 0 Å². The van der Waals surface area contributed by atoms with Gasteiger partial charge in [-0.25, -0.2) is 9.97 Å². The second kappa shape index (κ2) is 7.72. The van der Waals surface area contributed by atoms with Gasteiger partial charge < -0.3 is 5.32 Å². The van der Waals surface area contributed by atoms with Crippen molar-refractivity contribution in [1.82, 2.24) is 15.3 Å². The van der Waals surface area contributed by atoms with Gasteiger partial charge in [-0.1, -0.05) is 34.6 Å². The van der Waals surface area contributed by atoms with E-state index in [1.807, 2.05) is 0 Å². The number of aryl methyl sites for hydroxylation is 2. The lowest BCUT2D eigenvalue weighted by Crippen LogP contribution is -2.29. The quantitative estimate of drug-likeness (QED) is 0.829. The van der Waals surface area contributed by atoms with Crippen molar-refractivity contribution in [2.75, 3.05) is 6.54 Å². The Balaban J connectivity index is 2.75. The molecule has 3 heteroatoms. The molecule has 0 fully saturated rings. The minimum atomic E-state index is 0.546. The van der Waals surface area contributed by atoms with E-state index >= 15 is 0 Å². The molecule has 0 saturated carbocycles.